The first kappa shape index (κ1) is 12.3. The van der Waals surface area contributed by atoms with Crippen molar-refractivity contribution in [3.05, 3.63) is 29.6 Å². The van der Waals surface area contributed by atoms with Crippen LogP contribution in [0, 0.1) is 6.92 Å². The second kappa shape index (κ2) is 6.52. The van der Waals surface area contributed by atoms with Crippen LogP contribution in [-0.4, -0.2) is 34.0 Å². The van der Waals surface area contributed by atoms with Gasteiger partial charge >= 0.3 is 0 Å². The van der Waals surface area contributed by atoms with Crippen LogP contribution in [0.2, 0.25) is 0 Å². The second-order valence-electron chi connectivity index (χ2n) is 3.97. The Labute approximate surface area is 106 Å². The van der Waals surface area contributed by atoms with Crippen molar-refractivity contribution in [2.45, 2.75) is 18.7 Å². The van der Waals surface area contributed by atoms with Crippen molar-refractivity contribution in [3.8, 4) is 0 Å². The summed E-state index contributed by atoms with van der Waals surface area (Å²) in [6.45, 7) is 4.12. The van der Waals surface area contributed by atoms with E-state index < -0.39 is 0 Å². The average molecular weight is 254 g/mol. The number of nitrogens with one attached hydrogen (secondary N) is 1. The summed E-state index contributed by atoms with van der Waals surface area (Å²) >= 11 is 4.17. The number of thioether (sulfide) groups is 2. The van der Waals surface area contributed by atoms with Crippen LogP contribution in [0.15, 0.2) is 18.3 Å². The van der Waals surface area contributed by atoms with Crippen molar-refractivity contribution in [2.75, 3.05) is 23.8 Å². The van der Waals surface area contributed by atoms with Crippen LogP contribution < -0.4 is 5.32 Å². The first-order valence-corrected chi connectivity index (χ1v) is 7.87. The summed E-state index contributed by atoms with van der Waals surface area (Å²) in [5.41, 5.74) is 2.46. The smallest absolute Gasteiger partial charge is 0.0570 e. The summed E-state index contributed by atoms with van der Waals surface area (Å²) in [6, 6.07) is 4.11. The number of aromatic nitrogens is 1. The van der Waals surface area contributed by atoms with Crippen LogP contribution in [0.25, 0.3) is 0 Å². The number of nitrogens with zero attached hydrogens (tertiary/aromatic N) is 1. The standard InChI is InChI=1S/C12H18N2S2/c1-10-3-2-4-14-12(10)8-13-7-11-9-15-5-6-16-11/h2-4,11,13H,5-9H2,1H3. The number of aryl methyl sites for hydroxylation is 1. The molecule has 1 aromatic heterocycles. The molecular formula is C12H18N2S2. The van der Waals surface area contributed by atoms with Crippen molar-refractivity contribution in [1.29, 1.82) is 0 Å². The van der Waals surface area contributed by atoms with Crippen molar-refractivity contribution in [3.63, 3.8) is 0 Å². The van der Waals surface area contributed by atoms with Gasteiger partial charge in [-0.1, -0.05) is 6.07 Å². The third-order valence-corrected chi connectivity index (χ3v) is 5.51. The molecule has 1 fully saturated rings. The van der Waals surface area contributed by atoms with Crippen LogP contribution in [0.1, 0.15) is 11.3 Å². The Kier molecular flexibility index (Phi) is 5.00. The molecule has 2 nitrogen and oxygen atoms in total. The van der Waals surface area contributed by atoms with Gasteiger partial charge < -0.3 is 5.32 Å². The Hall–Kier alpha value is -0.190. The summed E-state index contributed by atoms with van der Waals surface area (Å²) in [6.07, 6.45) is 1.87. The molecule has 4 heteroatoms. The molecule has 0 aromatic carbocycles. The Morgan fingerprint density at radius 2 is 2.44 bits per heavy atom. The predicted molar refractivity (Wildman–Crippen MR) is 74.3 cm³/mol. The SMILES string of the molecule is Cc1cccnc1CNCC1CSCCS1. The summed E-state index contributed by atoms with van der Waals surface area (Å²) in [5.74, 6) is 3.92. The minimum Gasteiger partial charge on any atom is -0.310 e. The first-order valence-electron chi connectivity index (χ1n) is 5.67. The Balaban J connectivity index is 1.73. The van der Waals surface area contributed by atoms with Crippen LogP contribution in [0.5, 0.6) is 0 Å². The average Bonchev–Trinajstić information content (AvgIpc) is 2.33. The van der Waals surface area contributed by atoms with E-state index in [1.807, 2.05) is 12.3 Å². The molecule has 88 valence electrons. The lowest BCUT2D eigenvalue weighted by molar-refractivity contribution is 0.671. The molecule has 1 saturated heterocycles. The topological polar surface area (TPSA) is 24.9 Å². The third-order valence-electron chi connectivity index (χ3n) is 2.67. The Morgan fingerprint density at radius 3 is 3.19 bits per heavy atom. The van der Waals surface area contributed by atoms with Crippen molar-refractivity contribution in [2.24, 2.45) is 0 Å². The molecule has 1 unspecified atom stereocenters. The highest BCUT2D eigenvalue weighted by atomic mass is 32.2. The fourth-order valence-electron chi connectivity index (χ4n) is 1.71. The molecule has 0 bridgehead atoms. The van der Waals surface area contributed by atoms with Gasteiger partial charge in [-0.25, -0.2) is 0 Å². The monoisotopic (exact) mass is 254 g/mol. The normalized spacial score (nSPS) is 20.9. The van der Waals surface area contributed by atoms with Gasteiger partial charge in [0, 0.05) is 41.8 Å². The maximum absolute atomic E-state index is 4.39. The molecule has 1 aliphatic heterocycles. The molecule has 0 aliphatic carbocycles. The second-order valence-corrected chi connectivity index (χ2v) is 6.52. The molecule has 1 aliphatic rings. The number of hydrogen-bond acceptors (Lipinski definition) is 4. The van der Waals surface area contributed by atoms with E-state index >= 15 is 0 Å². The molecular weight excluding hydrogens is 236 g/mol. The van der Waals surface area contributed by atoms with Gasteiger partial charge in [0.25, 0.3) is 0 Å². The van der Waals surface area contributed by atoms with E-state index in [4.69, 9.17) is 0 Å². The molecule has 1 N–H and O–H groups in total. The van der Waals surface area contributed by atoms with Crippen LogP contribution >= 0.6 is 23.5 Å². The molecule has 0 spiro atoms. The third kappa shape index (κ3) is 3.68. The fourth-order valence-corrected chi connectivity index (χ4v) is 4.36. The van der Waals surface area contributed by atoms with Crippen LogP contribution in [-0.2, 0) is 6.54 Å². The molecule has 0 amide bonds. The largest absolute Gasteiger partial charge is 0.310 e. The maximum atomic E-state index is 4.39. The highest BCUT2D eigenvalue weighted by molar-refractivity contribution is 8.06. The lowest BCUT2D eigenvalue weighted by Crippen LogP contribution is -2.29. The molecule has 2 rings (SSSR count). The highest BCUT2D eigenvalue weighted by Crippen LogP contribution is 2.23. The fraction of sp³-hybridized carbons (Fsp3) is 0.583. The van der Waals surface area contributed by atoms with Crippen molar-refractivity contribution >= 4 is 23.5 Å². The molecule has 0 radical (unpaired) electrons. The first-order chi connectivity index (χ1) is 7.86. The maximum Gasteiger partial charge on any atom is 0.0570 e. The van der Waals surface area contributed by atoms with E-state index in [9.17, 15) is 0 Å². The van der Waals surface area contributed by atoms with E-state index in [0.29, 0.717) is 0 Å². The lowest BCUT2D eigenvalue weighted by atomic mass is 10.2. The minimum atomic E-state index is 0.780. The quantitative estimate of drug-likeness (QED) is 0.891. The van der Waals surface area contributed by atoms with Crippen LogP contribution in [0.3, 0.4) is 0 Å². The zero-order valence-electron chi connectivity index (χ0n) is 9.61. The molecule has 1 aromatic rings. The van der Waals surface area contributed by atoms with Gasteiger partial charge in [-0.3, -0.25) is 4.98 Å². The molecule has 0 saturated carbocycles. The number of pyridine rings is 1. The van der Waals surface area contributed by atoms with E-state index in [-0.39, 0.29) is 0 Å². The highest BCUT2D eigenvalue weighted by Gasteiger charge is 2.13. The van der Waals surface area contributed by atoms with Crippen molar-refractivity contribution in [1.82, 2.24) is 10.3 Å². The summed E-state index contributed by atoms with van der Waals surface area (Å²) in [7, 11) is 0. The van der Waals surface area contributed by atoms with E-state index in [1.165, 1.54) is 28.5 Å². The van der Waals surface area contributed by atoms with Gasteiger partial charge in [0.1, 0.15) is 0 Å². The predicted octanol–water partition coefficient (Wildman–Crippen LogP) is 2.33. The van der Waals surface area contributed by atoms with Gasteiger partial charge in [-0.15, -0.1) is 0 Å². The lowest BCUT2D eigenvalue weighted by Gasteiger charge is -2.21. The molecule has 2 heterocycles. The molecule has 1 atom stereocenters. The van der Waals surface area contributed by atoms with Gasteiger partial charge in [-0.05, 0) is 18.6 Å². The number of rotatable bonds is 4. The van der Waals surface area contributed by atoms with Gasteiger partial charge in [-0.2, -0.15) is 23.5 Å². The molecule has 16 heavy (non-hydrogen) atoms. The Bertz CT molecular complexity index is 325. The minimum absolute atomic E-state index is 0.780. The van der Waals surface area contributed by atoms with Crippen molar-refractivity contribution < 1.29 is 0 Å². The van der Waals surface area contributed by atoms with Gasteiger partial charge in [0.15, 0.2) is 0 Å². The number of hydrogen-bond donors (Lipinski definition) is 1. The Morgan fingerprint density at radius 1 is 1.50 bits per heavy atom. The zero-order chi connectivity index (χ0) is 11.2. The van der Waals surface area contributed by atoms with Gasteiger partial charge in [0.05, 0.1) is 5.69 Å². The van der Waals surface area contributed by atoms with Crippen LogP contribution in [0.4, 0.5) is 0 Å². The zero-order valence-corrected chi connectivity index (χ0v) is 11.2. The summed E-state index contributed by atoms with van der Waals surface area (Å²) < 4.78 is 0. The van der Waals surface area contributed by atoms with E-state index in [0.717, 1.165) is 18.3 Å². The van der Waals surface area contributed by atoms with E-state index in [2.05, 4.69) is 46.8 Å². The summed E-state index contributed by atoms with van der Waals surface area (Å²) in [4.78, 5) is 4.39. The van der Waals surface area contributed by atoms with E-state index in [1.54, 1.807) is 0 Å². The van der Waals surface area contributed by atoms with Gasteiger partial charge in [0.2, 0.25) is 0 Å². The summed E-state index contributed by atoms with van der Waals surface area (Å²) in [5, 5.41) is 4.30.